The largest absolute Gasteiger partial charge is 0.379 e. The van der Waals surface area contributed by atoms with Crippen LogP contribution in [-0.4, -0.2) is 46.3 Å². The van der Waals surface area contributed by atoms with E-state index in [-0.39, 0.29) is 6.79 Å². The summed E-state index contributed by atoms with van der Waals surface area (Å²) in [4.78, 5) is 9.24. The highest BCUT2D eigenvalue weighted by molar-refractivity contribution is 4.35. The van der Waals surface area contributed by atoms with E-state index in [1.54, 1.807) is 0 Å². The average Bonchev–Trinajstić information content (AvgIpc) is 2.21. The van der Waals surface area contributed by atoms with Gasteiger partial charge in [0.05, 0.1) is 19.8 Å². The fraction of sp³-hybridized carbons (Fsp3) is 1.00. The third-order valence-electron chi connectivity index (χ3n) is 1.28. The minimum absolute atomic E-state index is 0.0975. The lowest BCUT2D eigenvalue weighted by Gasteiger charge is -2.05. The molecular weight excluding hydrogens is 188 g/mol. The van der Waals surface area contributed by atoms with Gasteiger partial charge in [0.1, 0.15) is 0 Å². The molecule has 0 aliphatic carbocycles. The third-order valence-corrected chi connectivity index (χ3v) is 1.28. The first-order valence-electron chi connectivity index (χ1n) is 4.72. The van der Waals surface area contributed by atoms with Crippen LogP contribution in [-0.2, 0) is 19.2 Å². The van der Waals surface area contributed by atoms with Crippen LogP contribution in [0.1, 0.15) is 6.42 Å². The maximum absolute atomic E-state index is 5.28. The molecule has 0 aromatic rings. The van der Waals surface area contributed by atoms with E-state index in [2.05, 4.69) is 9.78 Å². The average molecular weight is 208 g/mol. The number of nitrogens with two attached hydrogens (primary N) is 2. The summed E-state index contributed by atoms with van der Waals surface area (Å²) >= 11 is 0. The predicted molar refractivity (Wildman–Crippen MR) is 51.4 cm³/mol. The van der Waals surface area contributed by atoms with E-state index < -0.39 is 0 Å². The van der Waals surface area contributed by atoms with Crippen molar-refractivity contribution in [1.29, 1.82) is 0 Å². The van der Waals surface area contributed by atoms with Gasteiger partial charge in [0.15, 0.2) is 6.79 Å². The van der Waals surface area contributed by atoms with E-state index in [1.165, 1.54) is 0 Å². The summed E-state index contributed by atoms with van der Waals surface area (Å²) in [6.45, 7) is 3.25. The van der Waals surface area contributed by atoms with Crippen molar-refractivity contribution in [2.24, 2.45) is 11.5 Å². The molecule has 0 aromatic heterocycles. The normalized spacial score (nSPS) is 10.7. The maximum atomic E-state index is 5.28. The van der Waals surface area contributed by atoms with E-state index in [4.69, 9.17) is 20.9 Å². The molecule has 0 saturated carbocycles. The Labute approximate surface area is 84.4 Å². The number of hydrogen-bond acceptors (Lipinski definition) is 6. The highest BCUT2D eigenvalue weighted by Crippen LogP contribution is 1.83. The lowest BCUT2D eigenvalue weighted by atomic mass is 10.5. The molecule has 0 fully saturated rings. The highest BCUT2D eigenvalue weighted by atomic mass is 17.2. The van der Waals surface area contributed by atoms with Crippen molar-refractivity contribution in [1.82, 2.24) is 0 Å². The van der Waals surface area contributed by atoms with Crippen LogP contribution in [0.5, 0.6) is 0 Å². The molecular formula is C8H20N2O4. The Kier molecular flexibility index (Phi) is 12.5. The summed E-state index contributed by atoms with van der Waals surface area (Å²) in [5.74, 6) is 0. The summed E-state index contributed by atoms with van der Waals surface area (Å²) in [7, 11) is 0. The minimum Gasteiger partial charge on any atom is -0.379 e. The first-order chi connectivity index (χ1) is 6.91. The second kappa shape index (κ2) is 12.8. The molecule has 0 atom stereocenters. The molecule has 0 aliphatic rings. The number of hydrogen-bond donors (Lipinski definition) is 2. The van der Waals surface area contributed by atoms with Gasteiger partial charge in [-0.05, 0) is 13.0 Å². The van der Waals surface area contributed by atoms with Gasteiger partial charge >= 0.3 is 0 Å². The molecule has 0 heterocycles. The fourth-order valence-electron chi connectivity index (χ4n) is 0.639. The summed E-state index contributed by atoms with van der Waals surface area (Å²) in [6, 6.07) is 0. The number of rotatable bonds is 11. The van der Waals surface area contributed by atoms with Gasteiger partial charge in [-0.3, -0.25) is 0 Å². The zero-order valence-electron chi connectivity index (χ0n) is 8.44. The molecule has 14 heavy (non-hydrogen) atoms. The molecule has 0 aliphatic heterocycles. The highest BCUT2D eigenvalue weighted by Gasteiger charge is 1.90. The standard InChI is InChI=1S/C8H20N2O4/c9-2-1-4-11-6-7-12-8-14-13-5-3-10/h1-10H2. The summed E-state index contributed by atoms with van der Waals surface area (Å²) in [5, 5.41) is 0. The van der Waals surface area contributed by atoms with Gasteiger partial charge in [-0.15, -0.1) is 0 Å². The quantitative estimate of drug-likeness (QED) is 0.201. The van der Waals surface area contributed by atoms with Crippen molar-refractivity contribution < 1.29 is 19.2 Å². The van der Waals surface area contributed by atoms with E-state index in [1.807, 2.05) is 0 Å². The smallest absolute Gasteiger partial charge is 0.180 e. The Balaban J connectivity index is 2.78. The molecule has 6 heteroatoms. The van der Waals surface area contributed by atoms with E-state index >= 15 is 0 Å². The van der Waals surface area contributed by atoms with Crippen molar-refractivity contribution in [2.75, 3.05) is 46.3 Å². The predicted octanol–water partition coefficient (Wildman–Crippen LogP) is -0.767. The second-order valence-electron chi connectivity index (χ2n) is 2.51. The van der Waals surface area contributed by atoms with Gasteiger partial charge in [0, 0.05) is 13.2 Å². The summed E-state index contributed by atoms with van der Waals surface area (Å²) in [5.41, 5.74) is 10.4. The van der Waals surface area contributed by atoms with Crippen LogP contribution in [0, 0.1) is 0 Å². The van der Waals surface area contributed by atoms with Crippen LogP contribution in [0.2, 0.25) is 0 Å². The molecule has 0 aromatic carbocycles. The van der Waals surface area contributed by atoms with Gasteiger partial charge < -0.3 is 20.9 Å². The van der Waals surface area contributed by atoms with Crippen LogP contribution in [0.3, 0.4) is 0 Å². The van der Waals surface area contributed by atoms with Crippen LogP contribution >= 0.6 is 0 Å². The van der Waals surface area contributed by atoms with Crippen LogP contribution in [0.15, 0.2) is 0 Å². The summed E-state index contributed by atoms with van der Waals surface area (Å²) < 4.78 is 10.2. The molecule has 0 rings (SSSR count). The molecule has 0 saturated heterocycles. The second-order valence-corrected chi connectivity index (χ2v) is 2.51. The lowest BCUT2D eigenvalue weighted by Crippen LogP contribution is -2.12. The molecule has 0 amide bonds. The SMILES string of the molecule is NCCCOCCOCOOCCN. The molecule has 6 nitrogen and oxygen atoms in total. The Morgan fingerprint density at radius 3 is 2.21 bits per heavy atom. The topological polar surface area (TPSA) is 89.0 Å². The third kappa shape index (κ3) is 11.8. The van der Waals surface area contributed by atoms with Crippen LogP contribution in [0.4, 0.5) is 0 Å². The Bertz CT molecular complexity index is 93.3. The summed E-state index contributed by atoms with van der Waals surface area (Å²) in [6.07, 6.45) is 0.871. The van der Waals surface area contributed by atoms with Gasteiger partial charge in [0.25, 0.3) is 0 Å². The van der Waals surface area contributed by atoms with Crippen molar-refractivity contribution in [2.45, 2.75) is 6.42 Å². The molecule has 4 N–H and O–H groups in total. The van der Waals surface area contributed by atoms with E-state index in [0.717, 1.165) is 6.42 Å². The van der Waals surface area contributed by atoms with Crippen molar-refractivity contribution >= 4 is 0 Å². The fourth-order valence-corrected chi connectivity index (χ4v) is 0.639. The van der Waals surface area contributed by atoms with E-state index in [0.29, 0.717) is 39.5 Å². The Hall–Kier alpha value is -0.240. The minimum atomic E-state index is 0.0975. The monoisotopic (exact) mass is 208 g/mol. The molecule has 0 radical (unpaired) electrons. The van der Waals surface area contributed by atoms with Crippen LogP contribution in [0.25, 0.3) is 0 Å². The first kappa shape index (κ1) is 13.8. The van der Waals surface area contributed by atoms with Crippen molar-refractivity contribution in [3.8, 4) is 0 Å². The van der Waals surface area contributed by atoms with Gasteiger partial charge in [-0.2, -0.15) is 0 Å². The lowest BCUT2D eigenvalue weighted by molar-refractivity contribution is -0.335. The Morgan fingerprint density at radius 1 is 0.714 bits per heavy atom. The van der Waals surface area contributed by atoms with Gasteiger partial charge in [-0.25, -0.2) is 9.78 Å². The van der Waals surface area contributed by atoms with Gasteiger partial charge in [-0.1, -0.05) is 0 Å². The Morgan fingerprint density at radius 2 is 1.50 bits per heavy atom. The first-order valence-corrected chi connectivity index (χ1v) is 4.72. The van der Waals surface area contributed by atoms with Crippen molar-refractivity contribution in [3.63, 3.8) is 0 Å². The van der Waals surface area contributed by atoms with Crippen molar-refractivity contribution in [3.05, 3.63) is 0 Å². The van der Waals surface area contributed by atoms with Crippen LogP contribution < -0.4 is 11.5 Å². The molecule has 86 valence electrons. The number of ether oxygens (including phenoxy) is 2. The van der Waals surface area contributed by atoms with E-state index in [9.17, 15) is 0 Å². The zero-order valence-corrected chi connectivity index (χ0v) is 8.44. The maximum Gasteiger partial charge on any atom is 0.180 e. The molecule has 0 unspecified atom stereocenters. The molecule has 0 bridgehead atoms. The van der Waals surface area contributed by atoms with Gasteiger partial charge in [0.2, 0.25) is 0 Å². The zero-order chi connectivity index (χ0) is 10.5. The molecule has 0 spiro atoms.